The Kier molecular flexibility index (Phi) is 4.09. The highest BCUT2D eigenvalue weighted by Gasteiger charge is 2.21. The van der Waals surface area contributed by atoms with Crippen LogP contribution in [0.1, 0.15) is 17.6 Å². The summed E-state index contributed by atoms with van der Waals surface area (Å²) >= 11 is 0. The summed E-state index contributed by atoms with van der Waals surface area (Å²) < 4.78 is 2.06. The van der Waals surface area contributed by atoms with Crippen molar-refractivity contribution >= 4 is 30.5 Å². The maximum Gasteiger partial charge on any atom is 0.155 e. The van der Waals surface area contributed by atoms with Gasteiger partial charge in [0, 0.05) is 25.4 Å². The molecule has 0 bridgehead atoms. The molecule has 1 aliphatic heterocycles. The van der Waals surface area contributed by atoms with E-state index in [0.717, 1.165) is 24.3 Å². The molecule has 2 aromatic rings. The van der Waals surface area contributed by atoms with Crippen molar-refractivity contribution < 1.29 is 0 Å². The molecule has 88 valence electrons. The third-order valence-corrected chi connectivity index (χ3v) is 2.58. The topological polar surface area (TPSA) is 68.2 Å². The van der Waals surface area contributed by atoms with E-state index in [9.17, 15) is 0 Å². The van der Waals surface area contributed by atoms with Crippen LogP contribution in [0.5, 0.6) is 0 Å². The maximum absolute atomic E-state index is 5.90. The van der Waals surface area contributed by atoms with E-state index in [1.807, 2.05) is 6.20 Å². The van der Waals surface area contributed by atoms with Gasteiger partial charge in [-0.05, 0) is 0 Å². The molecule has 0 saturated carbocycles. The number of nitrogens with two attached hydrogens (primary N) is 1. The molecule has 0 fully saturated rings. The third-order valence-electron chi connectivity index (χ3n) is 2.58. The summed E-state index contributed by atoms with van der Waals surface area (Å²) in [6.45, 7) is 0.907. The second-order valence-electron chi connectivity index (χ2n) is 3.43. The number of nitrogens with one attached hydrogen (secondary N) is 1. The first-order valence-corrected chi connectivity index (χ1v) is 4.66. The summed E-state index contributed by atoms with van der Waals surface area (Å²) in [6.07, 6.45) is 6.28. The average Bonchev–Trinajstić information content (AvgIpc) is 2.59. The summed E-state index contributed by atoms with van der Waals surface area (Å²) in [7, 11) is 0. The Morgan fingerprint density at radius 1 is 1.44 bits per heavy atom. The number of imidazole rings is 1. The van der Waals surface area contributed by atoms with E-state index in [1.54, 1.807) is 12.4 Å². The van der Waals surface area contributed by atoms with Crippen molar-refractivity contribution in [2.75, 3.05) is 6.54 Å². The van der Waals surface area contributed by atoms with Gasteiger partial charge in [-0.25, -0.2) is 4.98 Å². The van der Waals surface area contributed by atoms with Crippen LogP contribution in [0, 0.1) is 0 Å². The number of hydrogen-bond acceptors (Lipinski definition) is 4. The molecule has 16 heavy (non-hydrogen) atoms. The molecule has 2 aromatic heterocycles. The van der Waals surface area contributed by atoms with Crippen molar-refractivity contribution in [2.45, 2.75) is 12.6 Å². The standard InChI is InChI=1S/C9H11N5.2ClH/c10-9-8-6(1-2-12-9)14-4-3-11-5-7(14)13-8;;/h3-5,9,12H,1-2,10H2;2*1H. The minimum Gasteiger partial charge on any atom is -0.311 e. The Bertz CT molecular complexity index is 484. The Hall–Kier alpha value is -0.880. The summed E-state index contributed by atoms with van der Waals surface area (Å²) in [6, 6.07) is 0. The summed E-state index contributed by atoms with van der Waals surface area (Å²) in [4.78, 5) is 8.48. The highest BCUT2D eigenvalue weighted by molar-refractivity contribution is 5.85. The SMILES string of the molecule is Cl.Cl.NC1NCCc2c1nc1cnccn21. The second-order valence-corrected chi connectivity index (χ2v) is 3.43. The quantitative estimate of drug-likeness (QED) is 0.732. The van der Waals surface area contributed by atoms with Crippen molar-refractivity contribution in [3.8, 4) is 0 Å². The van der Waals surface area contributed by atoms with Crippen molar-refractivity contribution in [3.63, 3.8) is 0 Å². The lowest BCUT2D eigenvalue weighted by atomic mass is 10.1. The van der Waals surface area contributed by atoms with Crippen LogP contribution in [0.15, 0.2) is 18.6 Å². The predicted octanol–water partition coefficient (Wildman–Crippen LogP) is 0.676. The lowest BCUT2D eigenvalue weighted by Gasteiger charge is -2.18. The van der Waals surface area contributed by atoms with E-state index in [4.69, 9.17) is 5.73 Å². The number of fused-ring (bicyclic) bond motifs is 3. The van der Waals surface area contributed by atoms with Gasteiger partial charge < -0.3 is 10.1 Å². The number of aromatic nitrogens is 3. The molecule has 3 N–H and O–H groups in total. The molecule has 0 spiro atoms. The number of rotatable bonds is 0. The van der Waals surface area contributed by atoms with E-state index in [2.05, 4.69) is 19.7 Å². The number of hydrogen-bond donors (Lipinski definition) is 2. The molecule has 3 heterocycles. The van der Waals surface area contributed by atoms with Crippen molar-refractivity contribution in [2.24, 2.45) is 5.73 Å². The summed E-state index contributed by atoms with van der Waals surface area (Å²) in [5.74, 6) is 0. The molecule has 1 unspecified atom stereocenters. The van der Waals surface area contributed by atoms with E-state index in [0.29, 0.717) is 0 Å². The van der Waals surface area contributed by atoms with E-state index in [1.165, 1.54) is 5.69 Å². The molecule has 0 saturated heterocycles. The zero-order valence-electron chi connectivity index (χ0n) is 8.46. The fourth-order valence-corrected chi connectivity index (χ4v) is 1.92. The van der Waals surface area contributed by atoms with Crippen molar-refractivity contribution in [3.05, 3.63) is 30.0 Å². The number of halogens is 2. The van der Waals surface area contributed by atoms with Crippen LogP contribution in [0.2, 0.25) is 0 Å². The Balaban J connectivity index is 0.000000640. The van der Waals surface area contributed by atoms with Gasteiger partial charge in [-0.1, -0.05) is 0 Å². The summed E-state index contributed by atoms with van der Waals surface area (Å²) in [5, 5.41) is 3.18. The first kappa shape index (κ1) is 13.2. The first-order chi connectivity index (χ1) is 6.86. The smallest absolute Gasteiger partial charge is 0.155 e. The molecule has 3 rings (SSSR count). The van der Waals surface area contributed by atoms with Crippen molar-refractivity contribution in [1.29, 1.82) is 0 Å². The average molecular weight is 262 g/mol. The molecule has 1 aliphatic rings. The Morgan fingerprint density at radius 3 is 3.06 bits per heavy atom. The Morgan fingerprint density at radius 2 is 2.25 bits per heavy atom. The van der Waals surface area contributed by atoms with Crippen LogP contribution in [0.3, 0.4) is 0 Å². The van der Waals surface area contributed by atoms with Crippen LogP contribution in [-0.4, -0.2) is 20.9 Å². The fourth-order valence-electron chi connectivity index (χ4n) is 1.92. The Labute approximate surface area is 105 Å². The van der Waals surface area contributed by atoms with Gasteiger partial charge in [0.25, 0.3) is 0 Å². The minimum absolute atomic E-state index is 0. The molecule has 0 aromatic carbocycles. The number of nitrogens with zero attached hydrogens (tertiary/aromatic N) is 3. The fraction of sp³-hybridized carbons (Fsp3) is 0.333. The van der Waals surface area contributed by atoms with Gasteiger partial charge in [0.05, 0.1) is 17.6 Å². The molecule has 0 amide bonds. The lowest BCUT2D eigenvalue weighted by molar-refractivity contribution is 0.505. The molecular weight excluding hydrogens is 249 g/mol. The van der Waals surface area contributed by atoms with E-state index < -0.39 is 0 Å². The van der Waals surface area contributed by atoms with Crippen LogP contribution >= 0.6 is 24.8 Å². The zero-order valence-corrected chi connectivity index (χ0v) is 10.1. The minimum atomic E-state index is -0.140. The third kappa shape index (κ3) is 1.87. The molecule has 1 atom stereocenters. The van der Waals surface area contributed by atoms with Gasteiger partial charge >= 0.3 is 0 Å². The van der Waals surface area contributed by atoms with Gasteiger partial charge in [-0.2, -0.15) is 0 Å². The monoisotopic (exact) mass is 261 g/mol. The van der Waals surface area contributed by atoms with E-state index >= 15 is 0 Å². The molecule has 0 aliphatic carbocycles. The second kappa shape index (κ2) is 4.97. The van der Waals surface area contributed by atoms with Crippen LogP contribution in [0.4, 0.5) is 0 Å². The van der Waals surface area contributed by atoms with Gasteiger partial charge in [0.15, 0.2) is 5.65 Å². The van der Waals surface area contributed by atoms with Gasteiger partial charge in [0.2, 0.25) is 0 Å². The first-order valence-electron chi connectivity index (χ1n) is 4.66. The molecule has 0 radical (unpaired) electrons. The van der Waals surface area contributed by atoms with Crippen LogP contribution in [0.25, 0.3) is 5.65 Å². The van der Waals surface area contributed by atoms with Gasteiger partial charge in [-0.15, -0.1) is 24.8 Å². The normalized spacial score (nSPS) is 18.4. The maximum atomic E-state index is 5.90. The van der Waals surface area contributed by atoms with Gasteiger partial charge in [-0.3, -0.25) is 10.3 Å². The van der Waals surface area contributed by atoms with Crippen LogP contribution in [-0.2, 0) is 6.42 Å². The van der Waals surface area contributed by atoms with Crippen LogP contribution < -0.4 is 11.1 Å². The van der Waals surface area contributed by atoms with E-state index in [-0.39, 0.29) is 31.0 Å². The highest BCUT2D eigenvalue weighted by atomic mass is 35.5. The largest absolute Gasteiger partial charge is 0.311 e. The molecule has 5 nitrogen and oxygen atoms in total. The molecular formula is C9H13Cl2N5. The highest BCUT2D eigenvalue weighted by Crippen LogP contribution is 2.19. The lowest BCUT2D eigenvalue weighted by Crippen LogP contribution is -2.35. The zero-order chi connectivity index (χ0) is 9.54. The molecule has 7 heteroatoms. The predicted molar refractivity (Wildman–Crippen MR) is 66.1 cm³/mol. The van der Waals surface area contributed by atoms with Gasteiger partial charge in [0.1, 0.15) is 6.17 Å². The van der Waals surface area contributed by atoms with Crippen molar-refractivity contribution in [1.82, 2.24) is 19.7 Å². The summed E-state index contributed by atoms with van der Waals surface area (Å²) in [5.41, 5.74) is 8.93.